The number of aromatic nitrogens is 1. The van der Waals surface area contributed by atoms with Crippen LogP contribution in [0.3, 0.4) is 0 Å². The normalized spacial score (nSPS) is 15.4. The maximum atomic E-state index is 11.6. The number of fused-ring (bicyclic) bond motifs is 2. The van der Waals surface area contributed by atoms with Crippen molar-refractivity contribution < 1.29 is 10.3 Å². The monoisotopic (exact) mass is 336 g/mol. The van der Waals surface area contributed by atoms with Crippen LogP contribution in [0.2, 0.25) is 0 Å². The van der Waals surface area contributed by atoms with E-state index in [9.17, 15) is 15.1 Å². The third-order valence-corrected chi connectivity index (χ3v) is 4.96. The molecule has 0 amide bonds. The molecule has 0 bridgehead atoms. The summed E-state index contributed by atoms with van der Waals surface area (Å²) in [6.07, 6.45) is 1.22. The van der Waals surface area contributed by atoms with Gasteiger partial charge in [-0.3, -0.25) is 4.79 Å². The smallest absolute Gasteiger partial charge is 0.283 e. The molecular formula is C20H20N2O3. The standard InChI is InChI=1S/C20H20N2O3/c23-19(12-21-15-10-13-4-1-2-5-14(13)11-15)17-6-3-7-18-16(17)8-9-20(24)22(18)25/h1-9,15,19,21,23,25H,10-12H2. The van der Waals surface area contributed by atoms with Crippen LogP contribution in [0.5, 0.6) is 0 Å². The van der Waals surface area contributed by atoms with Crippen molar-refractivity contribution in [1.82, 2.24) is 10.0 Å². The first-order valence-corrected chi connectivity index (χ1v) is 8.45. The van der Waals surface area contributed by atoms with E-state index in [0.717, 1.165) is 12.8 Å². The Balaban J connectivity index is 1.51. The Kier molecular flexibility index (Phi) is 4.03. The van der Waals surface area contributed by atoms with Gasteiger partial charge >= 0.3 is 0 Å². The number of pyridine rings is 1. The van der Waals surface area contributed by atoms with Gasteiger partial charge in [-0.2, -0.15) is 0 Å². The number of aliphatic hydroxyl groups is 1. The van der Waals surface area contributed by atoms with Crippen LogP contribution in [0.15, 0.2) is 59.4 Å². The van der Waals surface area contributed by atoms with Gasteiger partial charge in [0.25, 0.3) is 5.56 Å². The molecule has 0 radical (unpaired) electrons. The highest BCUT2D eigenvalue weighted by Crippen LogP contribution is 2.25. The van der Waals surface area contributed by atoms with Gasteiger partial charge in [0.15, 0.2) is 0 Å². The Morgan fingerprint density at radius 3 is 2.48 bits per heavy atom. The minimum Gasteiger partial charge on any atom is -0.425 e. The Hall–Kier alpha value is -2.63. The van der Waals surface area contributed by atoms with E-state index in [0.29, 0.717) is 33.8 Å². The fourth-order valence-electron chi connectivity index (χ4n) is 3.66. The van der Waals surface area contributed by atoms with Gasteiger partial charge in [-0.1, -0.05) is 36.4 Å². The highest BCUT2D eigenvalue weighted by molar-refractivity contribution is 5.82. The number of hydrogen-bond acceptors (Lipinski definition) is 4. The molecule has 3 aromatic rings. The zero-order valence-electron chi connectivity index (χ0n) is 13.7. The zero-order valence-corrected chi connectivity index (χ0v) is 13.7. The lowest BCUT2D eigenvalue weighted by Crippen LogP contribution is -2.33. The van der Waals surface area contributed by atoms with Gasteiger partial charge in [-0.15, -0.1) is 4.73 Å². The average molecular weight is 336 g/mol. The van der Waals surface area contributed by atoms with E-state index >= 15 is 0 Å². The quantitative estimate of drug-likeness (QED) is 0.637. The van der Waals surface area contributed by atoms with Gasteiger partial charge in [0, 0.05) is 24.0 Å². The van der Waals surface area contributed by atoms with E-state index in [-0.39, 0.29) is 0 Å². The molecule has 2 aromatic carbocycles. The third-order valence-electron chi connectivity index (χ3n) is 4.96. The molecule has 0 spiro atoms. The first kappa shape index (κ1) is 15.9. The molecule has 1 aliphatic carbocycles. The lowest BCUT2D eigenvalue weighted by Gasteiger charge is -2.18. The van der Waals surface area contributed by atoms with E-state index in [1.165, 1.54) is 17.2 Å². The first-order chi connectivity index (χ1) is 12.1. The van der Waals surface area contributed by atoms with Crippen LogP contribution in [0.1, 0.15) is 22.8 Å². The van der Waals surface area contributed by atoms with Gasteiger partial charge in [-0.05, 0) is 41.7 Å². The second-order valence-electron chi connectivity index (χ2n) is 6.56. The van der Waals surface area contributed by atoms with Gasteiger partial charge < -0.3 is 15.6 Å². The summed E-state index contributed by atoms with van der Waals surface area (Å²) < 4.78 is 0.618. The second-order valence-corrected chi connectivity index (χ2v) is 6.56. The van der Waals surface area contributed by atoms with Crippen LogP contribution in [0, 0.1) is 0 Å². The minimum atomic E-state index is -0.718. The van der Waals surface area contributed by atoms with E-state index in [2.05, 4.69) is 29.6 Å². The van der Waals surface area contributed by atoms with E-state index in [1.54, 1.807) is 18.2 Å². The number of nitrogens with zero attached hydrogens (tertiary/aromatic N) is 1. The molecule has 1 aromatic heterocycles. The summed E-state index contributed by atoms with van der Waals surface area (Å²) in [5.41, 5.74) is 3.34. The Morgan fingerprint density at radius 2 is 1.76 bits per heavy atom. The summed E-state index contributed by atoms with van der Waals surface area (Å²) in [4.78, 5) is 11.6. The van der Waals surface area contributed by atoms with E-state index < -0.39 is 11.7 Å². The van der Waals surface area contributed by atoms with Gasteiger partial charge in [0.05, 0.1) is 11.6 Å². The van der Waals surface area contributed by atoms with Crippen molar-refractivity contribution in [2.24, 2.45) is 0 Å². The number of benzene rings is 2. The molecule has 0 saturated carbocycles. The summed E-state index contributed by atoms with van der Waals surface area (Å²) in [5.74, 6) is 0. The van der Waals surface area contributed by atoms with Crippen molar-refractivity contribution >= 4 is 10.9 Å². The molecule has 5 heteroatoms. The fraction of sp³-hybridized carbons (Fsp3) is 0.250. The number of nitrogens with one attached hydrogen (secondary N) is 1. The molecule has 1 unspecified atom stereocenters. The molecule has 5 nitrogen and oxygen atoms in total. The summed E-state index contributed by atoms with van der Waals surface area (Å²) in [6, 6.07) is 16.9. The minimum absolute atomic E-state index is 0.318. The van der Waals surface area contributed by atoms with Crippen LogP contribution >= 0.6 is 0 Å². The predicted molar refractivity (Wildman–Crippen MR) is 96.0 cm³/mol. The second kappa shape index (κ2) is 6.35. The Labute approximate surface area is 145 Å². The first-order valence-electron chi connectivity index (χ1n) is 8.45. The van der Waals surface area contributed by atoms with E-state index in [1.807, 2.05) is 6.07 Å². The van der Waals surface area contributed by atoms with Crippen LogP contribution < -0.4 is 10.9 Å². The van der Waals surface area contributed by atoms with Crippen LogP contribution in [0.25, 0.3) is 10.9 Å². The maximum absolute atomic E-state index is 11.6. The number of aliphatic hydroxyl groups excluding tert-OH is 1. The van der Waals surface area contributed by atoms with Crippen molar-refractivity contribution in [1.29, 1.82) is 0 Å². The predicted octanol–water partition coefficient (Wildman–Crippen LogP) is 2.03. The molecule has 1 aliphatic rings. The molecule has 4 rings (SSSR count). The van der Waals surface area contributed by atoms with Crippen molar-refractivity contribution in [3.05, 3.63) is 81.6 Å². The zero-order chi connectivity index (χ0) is 17.4. The summed E-state index contributed by atoms with van der Waals surface area (Å²) >= 11 is 0. The highest BCUT2D eigenvalue weighted by Gasteiger charge is 2.22. The molecule has 0 aliphatic heterocycles. The lowest BCUT2D eigenvalue weighted by atomic mass is 10.0. The van der Waals surface area contributed by atoms with E-state index in [4.69, 9.17) is 0 Å². The third kappa shape index (κ3) is 2.92. The molecule has 25 heavy (non-hydrogen) atoms. The summed E-state index contributed by atoms with van der Waals surface area (Å²) in [7, 11) is 0. The molecule has 0 saturated heterocycles. The maximum Gasteiger partial charge on any atom is 0.283 e. The van der Waals surface area contributed by atoms with Crippen molar-refractivity contribution in [2.45, 2.75) is 25.0 Å². The van der Waals surface area contributed by atoms with Crippen LogP contribution in [-0.4, -0.2) is 27.6 Å². The summed E-state index contributed by atoms with van der Waals surface area (Å²) in [5, 5.41) is 24.6. The van der Waals surface area contributed by atoms with Crippen LogP contribution in [-0.2, 0) is 12.8 Å². The average Bonchev–Trinajstić information content (AvgIpc) is 3.05. The Bertz CT molecular complexity index is 955. The molecule has 3 N–H and O–H groups in total. The van der Waals surface area contributed by atoms with Gasteiger partial charge in [-0.25, -0.2) is 0 Å². The van der Waals surface area contributed by atoms with Gasteiger partial charge in [0.1, 0.15) is 0 Å². The molecule has 0 fully saturated rings. The van der Waals surface area contributed by atoms with Gasteiger partial charge in [0.2, 0.25) is 0 Å². The topological polar surface area (TPSA) is 74.5 Å². The molecule has 128 valence electrons. The van der Waals surface area contributed by atoms with Crippen molar-refractivity contribution in [2.75, 3.05) is 6.54 Å². The highest BCUT2D eigenvalue weighted by atomic mass is 16.5. The largest absolute Gasteiger partial charge is 0.425 e. The number of hydrogen-bond donors (Lipinski definition) is 3. The Morgan fingerprint density at radius 1 is 1.04 bits per heavy atom. The lowest BCUT2D eigenvalue weighted by molar-refractivity contribution is 0.171. The molecule has 1 heterocycles. The van der Waals surface area contributed by atoms with Crippen molar-refractivity contribution in [3.63, 3.8) is 0 Å². The number of rotatable bonds is 4. The SMILES string of the molecule is O=c1ccc2c(C(O)CNC3Cc4ccccc4C3)cccc2n1O. The molecular weight excluding hydrogens is 316 g/mol. The van der Waals surface area contributed by atoms with Crippen LogP contribution in [0.4, 0.5) is 0 Å². The van der Waals surface area contributed by atoms with Crippen molar-refractivity contribution in [3.8, 4) is 0 Å². The fourth-order valence-corrected chi connectivity index (χ4v) is 3.66. The molecule has 1 atom stereocenters. The summed E-state index contributed by atoms with van der Waals surface area (Å²) in [6.45, 7) is 0.419.